The lowest BCUT2D eigenvalue weighted by Crippen LogP contribution is -2.39. The van der Waals surface area contributed by atoms with Crippen molar-refractivity contribution < 1.29 is 48.7 Å². The monoisotopic (exact) mass is 343 g/mol. The molecule has 0 heterocycles. The molecule has 0 saturated heterocycles. The molecular formula is C12H19F2NO8. The number of alkyl halides is 2. The largest absolute Gasteiger partial charge is 0.480 e. The van der Waals surface area contributed by atoms with E-state index in [0.717, 1.165) is 12.8 Å². The van der Waals surface area contributed by atoms with Gasteiger partial charge in [0.05, 0.1) is 0 Å². The normalized spacial score (nSPS) is 18.1. The second-order valence-electron chi connectivity index (χ2n) is 5.22. The van der Waals surface area contributed by atoms with E-state index in [1.54, 1.807) is 0 Å². The fourth-order valence-electron chi connectivity index (χ4n) is 1.51. The van der Waals surface area contributed by atoms with Gasteiger partial charge < -0.3 is 31.3 Å². The van der Waals surface area contributed by atoms with Crippen LogP contribution in [0.3, 0.4) is 0 Å². The maximum atomic E-state index is 13.0. The maximum absolute atomic E-state index is 13.0. The molecule has 23 heavy (non-hydrogen) atoms. The summed E-state index contributed by atoms with van der Waals surface area (Å²) < 4.78 is 26.0. The van der Waals surface area contributed by atoms with Crippen LogP contribution in [0.2, 0.25) is 0 Å². The van der Waals surface area contributed by atoms with E-state index in [0.29, 0.717) is 0 Å². The minimum absolute atomic E-state index is 0.0796. The fraction of sp³-hybridized carbons (Fsp3) is 0.750. The number of carboxylic acid groups (broad SMARTS) is 3. The van der Waals surface area contributed by atoms with Gasteiger partial charge in [0.2, 0.25) is 0 Å². The second-order valence-corrected chi connectivity index (χ2v) is 5.22. The average molecular weight is 343 g/mol. The van der Waals surface area contributed by atoms with Gasteiger partial charge in [0.25, 0.3) is 5.92 Å². The molecule has 7 N–H and O–H groups in total. The van der Waals surface area contributed by atoms with E-state index in [2.05, 4.69) is 0 Å². The Hall–Kier alpha value is -1.85. The van der Waals surface area contributed by atoms with E-state index in [4.69, 9.17) is 31.3 Å². The Bertz CT molecular complexity index is 423. The Morgan fingerprint density at radius 3 is 1.65 bits per heavy atom. The van der Waals surface area contributed by atoms with E-state index in [1.165, 1.54) is 0 Å². The van der Waals surface area contributed by atoms with E-state index in [9.17, 15) is 23.2 Å². The van der Waals surface area contributed by atoms with Gasteiger partial charge >= 0.3 is 17.9 Å². The molecule has 11 heteroatoms. The molecule has 1 fully saturated rings. The molecule has 0 aliphatic heterocycles. The molecule has 0 aromatic heterocycles. The molecule has 1 rings (SSSR count). The van der Waals surface area contributed by atoms with E-state index in [1.807, 2.05) is 0 Å². The summed E-state index contributed by atoms with van der Waals surface area (Å²) in [7, 11) is 0. The number of aliphatic carboxylic acids is 3. The highest BCUT2D eigenvalue weighted by atomic mass is 19.3. The van der Waals surface area contributed by atoms with Crippen molar-refractivity contribution in [2.75, 3.05) is 0 Å². The van der Waals surface area contributed by atoms with Crippen LogP contribution in [-0.4, -0.2) is 67.6 Å². The maximum Gasteiger partial charge on any atom is 0.335 e. The molecule has 0 spiro atoms. The highest BCUT2D eigenvalue weighted by Gasteiger charge is 2.39. The standard InChI is InChI=1S/C8H13F2NO2.C4H6O6/c9-8(10,3-5-1-2-5)4-6(11)7(12)13;5-1(3(7)8)2(6)4(9)10/h5-6H,1-4,11H2,(H,12,13);1-2,5-6H,(H,7,8)(H,9,10)/t6-;1-,2-/m01/s1. The Balaban J connectivity index is 0.000000438. The number of halogens is 2. The summed E-state index contributed by atoms with van der Waals surface area (Å²) in [5.74, 6) is -7.74. The Morgan fingerprint density at radius 2 is 1.39 bits per heavy atom. The Kier molecular flexibility index (Phi) is 8.00. The van der Waals surface area contributed by atoms with Crippen LogP contribution in [0.5, 0.6) is 0 Å². The molecule has 1 aliphatic carbocycles. The molecular weight excluding hydrogens is 324 g/mol. The third-order valence-electron chi connectivity index (χ3n) is 2.93. The van der Waals surface area contributed by atoms with Gasteiger partial charge in [0.1, 0.15) is 6.04 Å². The topological polar surface area (TPSA) is 178 Å². The zero-order chi connectivity index (χ0) is 18.4. The first-order valence-corrected chi connectivity index (χ1v) is 6.55. The molecule has 0 bridgehead atoms. The minimum atomic E-state index is -2.92. The molecule has 134 valence electrons. The van der Waals surface area contributed by atoms with Crippen molar-refractivity contribution in [2.45, 2.75) is 49.9 Å². The van der Waals surface area contributed by atoms with Crippen molar-refractivity contribution in [2.24, 2.45) is 11.7 Å². The van der Waals surface area contributed by atoms with Crippen molar-refractivity contribution >= 4 is 17.9 Å². The van der Waals surface area contributed by atoms with Crippen LogP contribution in [0.15, 0.2) is 0 Å². The smallest absolute Gasteiger partial charge is 0.335 e. The molecule has 1 saturated carbocycles. The number of nitrogens with two attached hydrogens (primary N) is 1. The van der Waals surface area contributed by atoms with Crippen LogP contribution in [0.4, 0.5) is 8.78 Å². The molecule has 0 aromatic rings. The Labute approximate surface area is 129 Å². The number of hydrogen-bond acceptors (Lipinski definition) is 6. The summed E-state index contributed by atoms with van der Waals surface area (Å²) >= 11 is 0. The quantitative estimate of drug-likeness (QED) is 0.326. The SMILES string of the molecule is N[C@@H](CC(F)(F)CC1CC1)C(=O)O.O=C(O)[C@H](O)[C@@H](O)C(=O)O. The molecule has 3 atom stereocenters. The molecule has 0 amide bonds. The predicted octanol–water partition coefficient (Wildman–Crippen LogP) is -0.899. The van der Waals surface area contributed by atoms with Gasteiger partial charge in [-0.2, -0.15) is 0 Å². The molecule has 0 unspecified atom stereocenters. The first-order chi connectivity index (χ1) is 10.4. The van der Waals surface area contributed by atoms with Gasteiger partial charge in [-0.25, -0.2) is 18.4 Å². The lowest BCUT2D eigenvalue weighted by atomic mass is 10.0. The number of carboxylic acids is 3. The lowest BCUT2D eigenvalue weighted by Gasteiger charge is -2.17. The zero-order valence-electron chi connectivity index (χ0n) is 11.9. The van der Waals surface area contributed by atoms with Crippen LogP contribution >= 0.6 is 0 Å². The van der Waals surface area contributed by atoms with Gasteiger partial charge in [-0.1, -0.05) is 0 Å². The summed E-state index contributed by atoms with van der Waals surface area (Å²) in [6.07, 6.45) is -3.84. The summed E-state index contributed by atoms with van der Waals surface area (Å²) in [4.78, 5) is 29.8. The summed E-state index contributed by atoms with van der Waals surface area (Å²) in [6, 6.07) is -1.45. The first-order valence-electron chi connectivity index (χ1n) is 6.55. The summed E-state index contributed by atoms with van der Waals surface area (Å²) in [6.45, 7) is 0. The van der Waals surface area contributed by atoms with Crippen molar-refractivity contribution in [3.63, 3.8) is 0 Å². The second kappa shape index (κ2) is 8.70. The fourth-order valence-corrected chi connectivity index (χ4v) is 1.51. The third kappa shape index (κ3) is 9.01. The van der Waals surface area contributed by atoms with E-state index in [-0.39, 0.29) is 12.3 Å². The number of aliphatic hydroxyl groups excluding tert-OH is 2. The lowest BCUT2D eigenvalue weighted by molar-refractivity contribution is -0.165. The van der Waals surface area contributed by atoms with Gasteiger partial charge in [0.15, 0.2) is 12.2 Å². The number of aliphatic hydroxyl groups is 2. The third-order valence-corrected chi connectivity index (χ3v) is 2.93. The number of carbonyl (C=O) groups is 3. The first kappa shape index (κ1) is 21.1. The molecule has 9 nitrogen and oxygen atoms in total. The highest BCUT2D eigenvalue weighted by Crippen LogP contribution is 2.40. The van der Waals surface area contributed by atoms with Crippen LogP contribution in [0.25, 0.3) is 0 Å². The minimum Gasteiger partial charge on any atom is -0.480 e. The zero-order valence-corrected chi connectivity index (χ0v) is 11.9. The predicted molar refractivity (Wildman–Crippen MR) is 69.8 cm³/mol. The molecule has 0 aromatic carbocycles. The summed E-state index contributed by atoms with van der Waals surface area (Å²) in [5, 5.41) is 40.9. The number of hydrogen-bond donors (Lipinski definition) is 6. The van der Waals surface area contributed by atoms with Crippen LogP contribution in [0.1, 0.15) is 25.7 Å². The van der Waals surface area contributed by atoms with Gasteiger partial charge in [-0.3, -0.25) is 4.79 Å². The van der Waals surface area contributed by atoms with Gasteiger partial charge in [0, 0.05) is 12.8 Å². The summed E-state index contributed by atoms with van der Waals surface area (Å²) in [5.41, 5.74) is 5.02. The molecule has 1 aliphatic rings. The highest BCUT2D eigenvalue weighted by molar-refractivity contribution is 5.83. The van der Waals surface area contributed by atoms with Crippen LogP contribution in [-0.2, 0) is 14.4 Å². The average Bonchev–Trinajstić information content (AvgIpc) is 3.19. The van der Waals surface area contributed by atoms with Gasteiger partial charge in [-0.15, -0.1) is 0 Å². The van der Waals surface area contributed by atoms with Crippen molar-refractivity contribution in [3.8, 4) is 0 Å². The van der Waals surface area contributed by atoms with Crippen LogP contribution < -0.4 is 5.73 Å². The van der Waals surface area contributed by atoms with Crippen LogP contribution in [0, 0.1) is 5.92 Å². The van der Waals surface area contributed by atoms with Gasteiger partial charge in [-0.05, 0) is 18.8 Å². The van der Waals surface area contributed by atoms with E-state index < -0.39 is 48.5 Å². The number of rotatable bonds is 8. The Morgan fingerprint density at radius 1 is 1.00 bits per heavy atom. The van der Waals surface area contributed by atoms with E-state index >= 15 is 0 Å². The van der Waals surface area contributed by atoms with Crippen molar-refractivity contribution in [1.82, 2.24) is 0 Å². The van der Waals surface area contributed by atoms with Crippen molar-refractivity contribution in [1.29, 1.82) is 0 Å². The van der Waals surface area contributed by atoms with Crippen molar-refractivity contribution in [3.05, 3.63) is 0 Å². The molecule has 0 radical (unpaired) electrons.